The number of rotatable bonds is 7. The fraction of sp³-hybridized carbons (Fsp3) is 0.467. The zero-order valence-electron chi connectivity index (χ0n) is 13.3. The first kappa shape index (κ1) is 17.0. The number of nitro groups is 1. The predicted molar refractivity (Wildman–Crippen MR) is 83.7 cm³/mol. The van der Waals surface area contributed by atoms with Crippen molar-refractivity contribution in [3.8, 4) is 11.4 Å². The standard InChI is InChI=1S/C15H20N4O4/c1-9(2)13(16-8-10(3)20)15-17-14(18-23-15)11-4-6-12(7-5-11)19(21)22/h4-7,9-10,13,16,20H,8H2,1-3H3/t10-,13+/m1/s1. The van der Waals surface area contributed by atoms with E-state index in [9.17, 15) is 15.2 Å². The van der Waals surface area contributed by atoms with Crippen molar-refractivity contribution in [1.29, 1.82) is 0 Å². The van der Waals surface area contributed by atoms with Gasteiger partial charge in [-0.15, -0.1) is 0 Å². The molecule has 1 aromatic heterocycles. The summed E-state index contributed by atoms with van der Waals surface area (Å²) in [5, 5.41) is 27.2. The SMILES string of the molecule is CC(C)[C@H](NC[C@@H](C)O)c1nc(-c2ccc([N+](=O)[O-])cc2)no1. The summed E-state index contributed by atoms with van der Waals surface area (Å²) in [4.78, 5) is 14.6. The summed E-state index contributed by atoms with van der Waals surface area (Å²) in [7, 11) is 0. The Morgan fingerprint density at radius 3 is 2.48 bits per heavy atom. The maximum atomic E-state index is 10.7. The third kappa shape index (κ3) is 4.33. The summed E-state index contributed by atoms with van der Waals surface area (Å²) in [5.74, 6) is 0.993. The number of nitro benzene ring substituents is 1. The number of nitrogens with zero attached hydrogens (tertiary/aromatic N) is 3. The van der Waals surface area contributed by atoms with Crippen molar-refractivity contribution in [2.75, 3.05) is 6.54 Å². The summed E-state index contributed by atoms with van der Waals surface area (Å²) in [6.07, 6.45) is -0.478. The number of hydrogen-bond acceptors (Lipinski definition) is 7. The smallest absolute Gasteiger partial charge is 0.269 e. The Morgan fingerprint density at radius 1 is 1.30 bits per heavy atom. The van der Waals surface area contributed by atoms with Gasteiger partial charge in [-0.25, -0.2) is 0 Å². The highest BCUT2D eigenvalue weighted by atomic mass is 16.6. The van der Waals surface area contributed by atoms with E-state index in [4.69, 9.17) is 4.52 Å². The molecule has 0 unspecified atom stereocenters. The fourth-order valence-corrected chi connectivity index (χ4v) is 2.12. The van der Waals surface area contributed by atoms with E-state index in [0.717, 1.165) is 0 Å². The second kappa shape index (κ2) is 7.30. The average molecular weight is 320 g/mol. The van der Waals surface area contributed by atoms with E-state index in [1.807, 2.05) is 13.8 Å². The normalized spacial score (nSPS) is 14.0. The molecule has 2 aromatic rings. The van der Waals surface area contributed by atoms with E-state index in [2.05, 4.69) is 15.5 Å². The molecule has 0 aliphatic rings. The molecule has 0 spiro atoms. The first-order valence-corrected chi connectivity index (χ1v) is 7.38. The van der Waals surface area contributed by atoms with Crippen molar-refractivity contribution in [3.63, 3.8) is 0 Å². The average Bonchev–Trinajstić information content (AvgIpc) is 2.96. The van der Waals surface area contributed by atoms with E-state index in [1.54, 1.807) is 19.1 Å². The van der Waals surface area contributed by atoms with Crippen LogP contribution < -0.4 is 5.32 Å². The minimum absolute atomic E-state index is 0.0103. The predicted octanol–water partition coefficient (Wildman–Crippen LogP) is 2.31. The van der Waals surface area contributed by atoms with Crippen LogP contribution >= 0.6 is 0 Å². The van der Waals surface area contributed by atoms with Crippen LogP contribution in [-0.4, -0.2) is 32.8 Å². The van der Waals surface area contributed by atoms with Crippen LogP contribution in [0.25, 0.3) is 11.4 Å². The number of aromatic nitrogens is 2. The zero-order valence-corrected chi connectivity index (χ0v) is 13.3. The molecule has 8 heteroatoms. The first-order chi connectivity index (χ1) is 10.9. The van der Waals surface area contributed by atoms with E-state index in [0.29, 0.717) is 23.8 Å². The van der Waals surface area contributed by atoms with Gasteiger partial charge in [0, 0.05) is 24.2 Å². The maximum absolute atomic E-state index is 10.7. The van der Waals surface area contributed by atoms with E-state index in [-0.39, 0.29) is 17.6 Å². The highest BCUT2D eigenvalue weighted by Gasteiger charge is 2.23. The maximum Gasteiger partial charge on any atom is 0.269 e. The number of benzene rings is 1. The third-order valence-electron chi connectivity index (χ3n) is 3.34. The summed E-state index contributed by atoms with van der Waals surface area (Å²) >= 11 is 0. The van der Waals surface area contributed by atoms with Crippen LogP contribution in [0.3, 0.4) is 0 Å². The molecule has 23 heavy (non-hydrogen) atoms. The monoisotopic (exact) mass is 320 g/mol. The molecule has 2 N–H and O–H groups in total. The van der Waals surface area contributed by atoms with Gasteiger partial charge in [-0.2, -0.15) is 4.98 Å². The van der Waals surface area contributed by atoms with E-state index in [1.165, 1.54) is 12.1 Å². The molecule has 0 radical (unpaired) electrons. The van der Waals surface area contributed by atoms with Crippen LogP contribution in [0, 0.1) is 16.0 Å². The Kier molecular flexibility index (Phi) is 5.41. The van der Waals surface area contributed by atoms with Crippen molar-refractivity contribution in [2.24, 2.45) is 5.92 Å². The van der Waals surface area contributed by atoms with Gasteiger partial charge in [0.2, 0.25) is 11.7 Å². The van der Waals surface area contributed by atoms with Crippen molar-refractivity contribution in [1.82, 2.24) is 15.5 Å². The quantitative estimate of drug-likeness (QED) is 0.594. The molecule has 1 aromatic carbocycles. The van der Waals surface area contributed by atoms with Crippen LogP contribution in [0.5, 0.6) is 0 Å². The van der Waals surface area contributed by atoms with Gasteiger partial charge in [0.05, 0.1) is 17.1 Å². The zero-order chi connectivity index (χ0) is 17.0. The summed E-state index contributed by atoms with van der Waals surface area (Å²) in [6, 6.07) is 5.79. The molecule has 0 saturated carbocycles. The summed E-state index contributed by atoms with van der Waals surface area (Å²) < 4.78 is 5.31. The highest BCUT2D eigenvalue weighted by molar-refractivity contribution is 5.56. The van der Waals surface area contributed by atoms with Gasteiger partial charge in [0.25, 0.3) is 5.69 Å². The largest absolute Gasteiger partial charge is 0.392 e. The van der Waals surface area contributed by atoms with Crippen molar-refractivity contribution >= 4 is 5.69 Å². The molecule has 0 aliphatic heterocycles. The molecule has 0 aliphatic carbocycles. The van der Waals surface area contributed by atoms with Gasteiger partial charge in [0.1, 0.15) is 0 Å². The van der Waals surface area contributed by atoms with Crippen molar-refractivity contribution in [3.05, 3.63) is 40.3 Å². The Labute approximate surface area is 133 Å². The van der Waals surface area contributed by atoms with Crippen LogP contribution in [0.4, 0.5) is 5.69 Å². The molecule has 124 valence electrons. The van der Waals surface area contributed by atoms with Crippen LogP contribution in [0.1, 0.15) is 32.7 Å². The van der Waals surface area contributed by atoms with E-state index < -0.39 is 11.0 Å². The van der Waals surface area contributed by atoms with Gasteiger partial charge < -0.3 is 14.9 Å². The Balaban J connectivity index is 2.19. The lowest BCUT2D eigenvalue weighted by Crippen LogP contribution is -2.31. The second-order valence-electron chi connectivity index (χ2n) is 5.74. The van der Waals surface area contributed by atoms with Crippen LogP contribution in [0.2, 0.25) is 0 Å². The lowest BCUT2D eigenvalue weighted by atomic mass is 10.0. The minimum atomic E-state index is -0.478. The van der Waals surface area contributed by atoms with Gasteiger partial charge in [-0.1, -0.05) is 19.0 Å². The van der Waals surface area contributed by atoms with Gasteiger partial charge in [-0.3, -0.25) is 10.1 Å². The molecule has 0 fully saturated rings. The van der Waals surface area contributed by atoms with Gasteiger partial charge in [-0.05, 0) is 25.0 Å². The Bertz CT molecular complexity index is 652. The van der Waals surface area contributed by atoms with Crippen molar-refractivity contribution in [2.45, 2.75) is 32.9 Å². The van der Waals surface area contributed by atoms with Crippen LogP contribution in [-0.2, 0) is 0 Å². The molecule has 8 nitrogen and oxygen atoms in total. The fourth-order valence-electron chi connectivity index (χ4n) is 2.12. The Hall–Kier alpha value is -2.32. The lowest BCUT2D eigenvalue weighted by molar-refractivity contribution is -0.384. The molecule has 0 saturated heterocycles. The number of nitrogens with one attached hydrogen (secondary N) is 1. The number of non-ortho nitro benzene ring substituents is 1. The molecule has 2 atom stereocenters. The Morgan fingerprint density at radius 2 is 1.96 bits per heavy atom. The first-order valence-electron chi connectivity index (χ1n) is 7.38. The van der Waals surface area contributed by atoms with Crippen LogP contribution in [0.15, 0.2) is 28.8 Å². The number of hydrogen-bond donors (Lipinski definition) is 2. The molecule has 0 bridgehead atoms. The number of aliphatic hydroxyl groups excluding tert-OH is 1. The van der Waals surface area contributed by atoms with E-state index >= 15 is 0 Å². The second-order valence-corrected chi connectivity index (χ2v) is 5.74. The topological polar surface area (TPSA) is 114 Å². The molecule has 0 amide bonds. The summed E-state index contributed by atoms with van der Waals surface area (Å²) in [6.45, 7) is 6.13. The van der Waals surface area contributed by atoms with Crippen molar-refractivity contribution < 1.29 is 14.6 Å². The molecule has 1 heterocycles. The molecular weight excluding hydrogens is 300 g/mol. The lowest BCUT2D eigenvalue weighted by Gasteiger charge is -2.19. The minimum Gasteiger partial charge on any atom is -0.392 e. The highest BCUT2D eigenvalue weighted by Crippen LogP contribution is 2.24. The van der Waals surface area contributed by atoms with Gasteiger partial charge in [0.15, 0.2) is 0 Å². The molecule has 2 rings (SSSR count). The molecular formula is C15H20N4O4. The number of aliphatic hydroxyl groups is 1. The van der Waals surface area contributed by atoms with Gasteiger partial charge >= 0.3 is 0 Å². The summed E-state index contributed by atoms with van der Waals surface area (Å²) in [5.41, 5.74) is 0.653. The third-order valence-corrected chi connectivity index (χ3v) is 3.34.